The summed E-state index contributed by atoms with van der Waals surface area (Å²) in [5.41, 5.74) is 1.76. The molecule has 0 atom stereocenters. The molecule has 7 heteroatoms. The van der Waals surface area contributed by atoms with Crippen molar-refractivity contribution in [3.05, 3.63) is 54.1 Å². The van der Waals surface area contributed by atoms with E-state index in [0.717, 1.165) is 11.1 Å². The first-order valence-electron chi connectivity index (χ1n) is 7.58. The quantitative estimate of drug-likeness (QED) is 0.500. The zero-order valence-electron chi connectivity index (χ0n) is 14.2. The van der Waals surface area contributed by atoms with Crippen molar-refractivity contribution in [2.45, 2.75) is 5.16 Å². The summed E-state index contributed by atoms with van der Waals surface area (Å²) in [4.78, 5) is 0. The Hall–Kier alpha value is -2.80. The number of rotatable bonds is 6. The highest BCUT2D eigenvalue weighted by Crippen LogP contribution is 2.30. The van der Waals surface area contributed by atoms with Crippen molar-refractivity contribution in [2.75, 3.05) is 20.5 Å². The van der Waals surface area contributed by atoms with Crippen molar-refractivity contribution in [3.63, 3.8) is 0 Å². The number of ether oxygens (including phenoxy) is 2. The topological polar surface area (TPSA) is 61.5 Å². The maximum Gasteiger partial charge on any atom is 0.212 e. The molecule has 0 aliphatic carbocycles. The second-order valence-corrected chi connectivity index (χ2v) is 5.79. The number of thioether (sulfide) groups is 1. The van der Waals surface area contributed by atoms with Gasteiger partial charge >= 0.3 is 0 Å². The van der Waals surface area contributed by atoms with Crippen LogP contribution >= 0.6 is 11.8 Å². The van der Waals surface area contributed by atoms with Gasteiger partial charge in [0.05, 0.1) is 20.4 Å². The lowest BCUT2D eigenvalue weighted by Gasteiger charge is -2.09. The molecule has 2 aromatic carbocycles. The van der Waals surface area contributed by atoms with Crippen molar-refractivity contribution >= 4 is 18.0 Å². The van der Waals surface area contributed by atoms with Crippen LogP contribution in [0, 0.1) is 0 Å². The first kappa shape index (κ1) is 17.0. The lowest BCUT2D eigenvalue weighted by Crippen LogP contribution is -1.99. The Morgan fingerprint density at radius 3 is 2.48 bits per heavy atom. The molecule has 3 rings (SSSR count). The highest BCUT2D eigenvalue weighted by atomic mass is 32.2. The Kier molecular flexibility index (Phi) is 5.35. The van der Waals surface area contributed by atoms with Crippen LogP contribution in [0.15, 0.2) is 58.8 Å². The van der Waals surface area contributed by atoms with Crippen LogP contribution in [0.5, 0.6) is 11.5 Å². The second-order valence-electron chi connectivity index (χ2n) is 5.02. The smallest absolute Gasteiger partial charge is 0.212 e. The minimum Gasteiger partial charge on any atom is -0.493 e. The van der Waals surface area contributed by atoms with Gasteiger partial charge < -0.3 is 9.47 Å². The predicted molar refractivity (Wildman–Crippen MR) is 99.8 cm³/mol. The monoisotopic (exact) mass is 354 g/mol. The molecule has 3 aromatic rings. The fourth-order valence-corrected chi connectivity index (χ4v) is 2.83. The third-order valence-corrected chi connectivity index (χ3v) is 4.19. The third kappa shape index (κ3) is 3.51. The third-order valence-electron chi connectivity index (χ3n) is 3.57. The summed E-state index contributed by atoms with van der Waals surface area (Å²) in [6.07, 6.45) is 3.66. The molecule has 0 amide bonds. The van der Waals surface area contributed by atoms with Gasteiger partial charge in [0, 0.05) is 11.1 Å². The standard InChI is InChI=1S/C18H18N4O2S/c1-23-15-11-7-10-14(16(15)24-2)12-19-22-17(20-21-18(22)25-3)13-8-5-4-6-9-13/h4-12H,1-3H3/b19-12-. The van der Waals surface area contributed by atoms with Crippen molar-refractivity contribution < 1.29 is 9.47 Å². The molecule has 0 N–H and O–H groups in total. The molecule has 128 valence electrons. The molecule has 0 unspecified atom stereocenters. The summed E-state index contributed by atoms with van der Waals surface area (Å²) in [6.45, 7) is 0. The summed E-state index contributed by atoms with van der Waals surface area (Å²) >= 11 is 1.48. The normalized spacial score (nSPS) is 11.0. The molecule has 0 aliphatic rings. The Labute approximate surface area is 150 Å². The van der Waals surface area contributed by atoms with Crippen LogP contribution < -0.4 is 9.47 Å². The Morgan fingerprint density at radius 2 is 1.80 bits per heavy atom. The van der Waals surface area contributed by atoms with Gasteiger partial charge in [-0.25, -0.2) is 0 Å². The molecule has 0 radical (unpaired) electrons. The molecule has 1 heterocycles. The van der Waals surface area contributed by atoms with Gasteiger partial charge in [-0.1, -0.05) is 48.2 Å². The summed E-state index contributed by atoms with van der Waals surface area (Å²) < 4.78 is 12.5. The molecule has 25 heavy (non-hydrogen) atoms. The number of benzene rings is 2. The van der Waals surface area contributed by atoms with Gasteiger partial charge in [-0.05, 0) is 18.4 Å². The first-order chi connectivity index (χ1) is 12.3. The van der Waals surface area contributed by atoms with Gasteiger partial charge in [0.25, 0.3) is 0 Å². The van der Waals surface area contributed by atoms with Crippen LogP contribution in [0.1, 0.15) is 5.56 Å². The number of nitrogens with zero attached hydrogens (tertiary/aromatic N) is 4. The number of aromatic nitrogens is 3. The molecule has 6 nitrogen and oxygen atoms in total. The number of methoxy groups -OCH3 is 2. The molecule has 0 aliphatic heterocycles. The van der Waals surface area contributed by atoms with Gasteiger partial charge in [0.2, 0.25) is 5.16 Å². The number of hydrogen-bond donors (Lipinski definition) is 0. The average Bonchev–Trinajstić information content (AvgIpc) is 3.09. The molecule has 0 spiro atoms. The zero-order valence-corrected chi connectivity index (χ0v) is 15.0. The number of para-hydroxylation sites is 1. The van der Waals surface area contributed by atoms with E-state index < -0.39 is 0 Å². The Morgan fingerprint density at radius 1 is 1.00 bits per heavy atom. The van der Waals surface area contributed by atoms with Crippen LogP contribution in [0.25, 0.3) is 11.4 Å². The summed E-state index contributed by atoms with van der Waals surface area (Å²) in [6, 6.07) is 15.5. The van der Waals surface area contributed by atoms with Gasteiger partial charge in [0.15, 0.2) is 17.3 Å². The maximum atomic E-state index is 5.45. The number of hydrogen-bond acceptors (Lipinski definition) is 6. The molecular formula is C18H18N4O2S. The Bertz CT molecular complexity index is 878. The van der Waals surface area contributed by atoms with E-state index in [1.807, 2.05) is 54.8 Å². The van der Waals surface area contributed by atoms with Gasteiger partial charge in [0.1, 0.15) is 0 Å². The maximum absolute atomic E-state index is 5.45. The van der Waals surface area contributed by atoms with E-state index >= 15 is 0 Å². The summed E-state index contributed by atoms with van der Waals surface area (Å²) in [5.74, 6) is 1.97. The van der Waals surface area contributed by atoms with E-state index in [2.05, 4.69) is 15.3 Å². The van der Waals surface area contributed by atoms with Crippen LogP contribution in [0.3, 0.4) is 0 Å². The highest BCUT2D eigenvalue weighted by Gasteiger charge is 2.13. The van der Waals surface area contributed by atoms with E-state index in [-0.39, 0.29) is 0 Å². The minimum absolute atomic E-state index is 0.633. The summed E-state index contributed by atoms with van der Waals surface area (Å²) in [5, 5.41) is 13.8. The lowest BCUT2D eigenvalue weighted by molar-refractivity contribution is 0.354. The van der Waals surface area contributed by atoms with Crippen molar-refractivity contribution in [3.8, 4) is 22.9 Å². The molecule has 0 saturated heterocycles. The molecule has 0 fully saturated rings. The van der Waals surface area contributed by atoms with E-state index in [0.29, 0.717) is 22.5 Å². The minimum atomic E-state index is 0.633. The second kappa shape index (κ2) is 7.85. The van der Waals surface area contributed by atoms with Crippen molar-refractivity contribution in [2.24, 2.45) is 5.10 Å². The fourth-order valence-electron chi connectivity index (χ4n) is 2.40. The first-order valence-corrected chi connectivity index (χ1v) is 8.81. The largest absolute Gasteiger partial charge is 0.493 e. The Balaban J connectivity index is 2.04. The zero-order chi connectivity index (χ0) is 17.6. The van der Waals surface area contributed by atoms with Gasteiger partial charge in [-0.3, -0.25) is 0 Å². The molecular weight excluding hydrogens is 336 g/mol. The van der Waals surface area contributed by atoms with Crippen LogP contribution in [0.2, 0.25) is 0 Å². The van der Waals surface area contributed by atoms with E-state index in [4.69, 9.17) is 9.47 Å². The van der Waals surface area contributed by atoms with E-state index in [1.54, 1.807) is 25.1 Å². The van der Waals surface area contributed by atoms with Crippen molar-refractivity contribution in [1.29, 1.82) is 0 Å². The van der Waals surface area contributed by atoms with Gasteiger partial charge in [-0.2, -0.15) is 9.78 Å². The molecule has 0 bridgehead atoms. The van der Waals surface area contributed by atoms with Crippen LogP contribution in [0.4, 0.5) is 0 Å². The summed E-state index contributed by atoms with van der Waals surface area (Å²) in [7, 11) is 3.22. The highest BCUT2D eigenvalue weighted by molar-refractivity contribution is 7.98. The molecule has 0 saturated carbocycles. The van der Waals surface area contributed by atoms with E-state index in [1.165, 1.54) is 11.8 Å². The lowest BCUT2D eigenvalue weighted by atomic mass is 10.2. The average molecular weight is 354 g/mol. The van der Waals surface area contributed by atoms with Crippen LogP contribution in [-0.2, 0) is 0 Å². The van der Waals surface area contributed by atoms with Crippen molar-refractivity contribution in [1.82, 2.24) is 14.9 Å². The predicted octanol–water partition coefficient (Wildman–Crippen LogP) is 3.57. The SMILES string of the molecule is COc1cccc(/C=N\n2c(SC)nnc2-c2ccccc2)c1OC. The van der Waals surface area contributed by atoms with Crippen LogP contribution in [-0.4, -0.2) is 41.6 Å². The fraction of sp³-hybridized carbons (Fsp3) is 0.167. The van der Waals surface area contributed by atoms with E-state index in [9.17, 15) is 0 Å². The molecule has 1 aromatic heterocycles. The van der Waals surface area contributed by atoms with Gasteiger partial charge in [-0.15, -0.1) is 10.2 Å².